The molecule has 1 atom stereocenters. The van der Waals surface area contributed by atoms with E-state index in [2.05, 4.69) is 31.9 Å². The molecule has 0 amide bonds. The fourth-order valence-corrected chi connectivity index (χ4v) is 5.35. The number of ether oxygens (including phenoxy) is 2. The Morgan fingerprint density at radius 3 is 2.72 bits per heavy atom. The van der Waals surface area contributed by atoms with E-state index in [1.165, 1.54) is 50.3 Å². The molecular formula is C18H34N4O2S. The molecule has 2 aliphatic heterocycles. The lowest BCUT2D eigenvalue weighted by Gasteiger charge is -2.44. The highest BCUT2D eigenvalue weighted by Crippen LogP contribution is 2.36. The van der Waals surface area contributed by atoms with Crippen molar-refractivity contribution in [3.05, 3.63) is 0 Å². The highest BCUT2D eigenvalue weighted by Gasteiger charge is 2.40. The summed E-state index contributed by atoms with van der Waals surface area (Å²) in [6.07, 6.45) is 5.49. The zero-order chi connectivity index (χ0) is 17.5. The van der Waals surface area contributed by atoms with Crippen LogP contribution in [-0.2, 0) is 9.47 Å². The van der Waals surface area contributed by atoms with Gasteiger partial charge >= 0.3 is 0 Å². The average Bonchev–Trinajstić information content (AvgIpc) is 3.14. The summed E-state index contributed by atoms with van der Waals surface area (Å²) >= 11 is 2.09. The molecule has 0 aromatic heterocycles. The van der Waals surface area contributed by atoms with Gasteiger partial charge in [0.25, 0.3) is 0 Å². The number of hydrogen-bond donors (Lipinski definition) is 1. The van der Waals surface area contributed by atoms with E-state index in [1.54, 1.807) is 7.11 Å². The minimum atomic E-state index is 0.136. The predicted octanol–water partition coefficient (Wildman–Crippen LogP) is 1.27. The molecule has 144 valence electrons. The lowest BCUT2D eigenvalue weighted by atomic mass is 9.94. The van der Waals surface area contributed by atoms with Gasteiger partial charge in [-0.2, -0.15) is 11.8 Å². The van der Waals surface area contributed by atoms with Crippen molar-refractivity contribution >= 4 is 17.7 Å². The molecule has 1 N–H and O–H groups in total. The van der Waals surface area contributed by atoms with Crippen LogP contribution in [0.25, 0.3) is 0 Å². The Kier molecular flexibility index (Phi) is 7.28. The van der Waals surface area contributed by atoms with Crippen LogP contribution in [0, 0.1) is 0 Å². The monoisotopic (exact) mass is 370 g/mol. The summed E-state index contributed by atoms with van der Waals surface area (Å²) in [6.45, 7) is 6.60. The third-order valence-corrected chi connectivity index (χ3v) is 6.74. The van der Waals surface area contributed by atoms with Crippen LogP contribution in [-0.4, -0.2) is 99.0 Å². The predicted molar refractivity (Wildman–Crippen MR) is 105 cm³/mol. The van der Waals surface area contributed by atoms with E-state index in [9.17, 15) is 0 Å². The van der Waals surface area contributed by atoms with E-state index >= 15 is 0 Å². The first-order valence-corrected chi connectivity index (χ1v) is 10.8. The zero-order valence-electron chi connectivity index (χ0n) is 15.8. The van der Waals surface area contributed by atoms with Crippen LogP contribution in [0.2, 0.25) is 0 Å². The topological polar surface area (TPSA) is 49.3 Å². The molecule has 1 unspecified atom stereocenters. The first-order chi connectivity index (χ1) is 12.3. The molecule has 3 rings (SSSR count). The number of guanidine groups is 1. The Morgan fingerprint density at radius 2 is 2.04 bits per heavy atom. The summed E-state index contributed by atoms with van der Waals surface area (Å²) in [5, 5.41) is 3.71. The molecule has 0 bridgehead atoms. The molecule has 7 heteroatoms. The molecule has 6 nitrogen and oxygen atoms in total. The van der Waals surface area contributed by atoms with Crippen LogP contribution in [0.3, 0.4) is 0 Å². The lowest BCUT2D eigenvalue weighted by Crippen LogP contribution is -2.59. The van der Waals surface area contributed by atoms with Crippen molar-refractivity contribution in [1.29, 1.82) is 0 Å². The normalized spacial score (nSPS) is 28.3. The van der Waals surface area contributed by atoms with Gasteiger partial charge in [0.1, 0.15) is 0 Å². The van der Waals surface area contributed by atoms with Crippen LogP contribution in [0.15, 0.2) is 4.99 Å². The van der Waals surface area contributed by atoms with Crippen molar-refractivity contribution in [3.63, 3.8) is 0 Å². The number of methoxy groups -OCH3 is 1. The third-order valence-electron chi connectivity index (χ3n) is 5.79. The van der Waals surface area contributed by atoms with Gasteiger partial charge in [0.2, 0.25) is 0 Å². The van der Waals surface area contributed by atoms with E-state index < -0.39 is 0 Å². The second kappa shape index (κ2) is 9.44. The van der Waals surface area contributed by atoms with E-state index in [0.29, 0.717) is 12.1 Å². The Morgan fingerprint density at radius 1 is 1.28 bits per heavy atom. The van der Waals surface area contributed by atoms with E-state index in [1.807, 2.05) is 7.05 Å². The van der Waals surface area contributed by atoms with Gasteiger partial charge < -0.3 is 19.7 Å². The summed E-state index contributed by atoms with van der Waals surface area (Å²) in [7, 11) is 3.62. The third kappa shape index (κ3) is 4.81. The fraction of sp³-hybridized carbons (Fsp3) is 0.944. The summed E-state index contributed by atoms with van der Waals surface area (Å²) in [5.74, 6) is 3.57. The van der Waals surface area contributed by atoms with Crippen LogP contribution >= 0.6 is 11.8 Å². The quantitative estimate of drug-likeness (QED) is 0.581. The molecule has 1 saturated carbocycles. The van der Waals surface area contributed by atoms with Gasteiger partial charge in [-0.1, -0.05) is 12.8 Å². The number of aliphatic imine (C=N–C) groups is 1. The summed E-state index contributed by atoms with van der Waals surface area (Å²) in [4.78, 5) is 9.63. The van der Waals surface area contributed by atoms with Crippen molar-refractivity contribution in [2.75, 3.05) is 71.6 Å². The fourth-order valence-electron chi connectivity index (χ4n) is 4.45. The molecule has 0 spiro atoms. The highest BCUT2D eigenvalue weighted by molar-refractivity contribution is 7.99. The number of morpholine rings is 1. The largest absolute Gasteiger partial charge is 0.382 e. The maximum atomic E-state index is 5.78. The van der Waals surface area contributed by atoms with Gasteiger partial charge in [0, 0.05) is 63.9 Å². The molecule has 25 heavy (non-hydrogen) atoms. The first kappa shape index (κ1) is 19.3. The van der Waals surface area contributed by atoms with Crippen molar-refractivity contribution in [3.8, 4) is 0 Å². The first-order valence-electron chi connectivity index (χ1n) is 9.66. The zero-order valence-corrected chi connectivity index (χ0v) is 16.7. The van der Waals surface area contributed by atoms with Crippen molar-refractivity contribution in [1.82, 2.24) is 15.1 Å². The maximum Gasteiger partial charge on any atom is 0.193 e. The SMILES string of the molecule is CN=C(NCC1(N2CCSCC2)CCCC1)N1CCOC(COC)C1. The standard InChI is InChI=1S/C18H34N4O2S/c1-19-17(21-7-10-24-16(13-21)14-23-2)20-15-18(5-3-4-6-18)22-8-11-25-12-9-22/h16H,3-15H2,1-2H3,(H,19,20). The molecule has 0 aromatic rings. The van der Waals surface area contributed by atoms with Gasteiger partial charge in [-0.15, -0.1) is 0 Å². The van der Waals surface area contributed by atoms with Crippen LogP contribution in [0.4, 0.5) is 0 Å². The maximum absolute atomic E-state index is 5.78. The second-order valence-electron chi connectivity index (χ2n) is 7.33. The van der Waals surface area contributed by atoms with Crippen molar-refractivity contribution in [2.45, 2.75) is 37.3 Å². The highest BCUT2D eigenvalue weighted by atomic mass is 32.2. The van der Waals surface area contributed by atoms with Gasteiger partial charge in [0.05, 0.1) is 19.3 Å². The van der Waals surface area contributed by atoms with Crippen LogP contribution in [0.5, 0.6) is 0 Å². The average molecular weight is 371 g/mol. The Hall–Kier alpha value is -0.500. The molecule has 0 radical (unpaired) electrons. The molecule has 1 aliphatic carbocycles. The summed E-state index contributed by atoms with van der Waals surface area (Å²) in [5.41, 5.74) is 0.329. The minimum Gasteiger partial charge on any atom is -0.382 e. The number of nitrogens with one attached hydrogen (secondary N) is 1. The van der Waals surface area contributed by atoms with E-state index in [-0.39, 0.29) is 6.10 Å². The van der Waals surface area contributed by atoms with Gasteiger partial charge in [0.15, 0.2) is 5.96 Å². The van der Waals surface area contributed by atoms with Crippen molar-refractivity contribution in [2.24, 2.45) is 4.99 Å². The van der Waals surface area contributed by atoms with Crippen LogP contribution in [0.1, 0.15) is 25.7 Å². The van der Waals surface area contributed by atoms with Crippen molar-refractivity contribution < 1.29 is 9.47 Å². The summed E-state index contributed by atoms with van der Waals surface area (Å²) < 4.78 is 11.0. The Bertz CT molecular complexity index is 435. The molecule has 2 heterocycles. The molecule has 2 saturated heterocycles. The van der Waals surface area contributed by atoms with Gasteiger partial charge in [-0.25, -0.2) is 0 Å². The Labute approximate surface area is 156 Å². The summed E-state index contributed by atoms with van der Waals surface area (Å²) in [6, 6.07) is 0. The smallest absolute Gasteiger partial charge is 0.193 e. The van der Waals surface area contributed by atoms with E-state index in [0.717, 1.165) is 32.2 Å². The van der Waals surface area contributed by atoms with Gasteiger partial charge in [-0.05, 0) is 12.8 Å². The number of nitrogens with zero attached hydrogens (tertiary/aromatic N) is 3. The molecule has 0 aromatic carbocycles. The minimum absolute atomic E-state index is 0.136. The molecule has 3 aliphatic rings. The number of thioether (sulfide) groups is 1. The molecular weight excluding hydrogens is 336 g/mol. The number of hydrogen-bond acceptors (Lipinski definition) is 5. The van der Waals surface area contributed by atoms with E-state index in [4.69, 9.17) is 9.47 Å². The Balaban J connectivity index is 1.59. The number of rotatable bonds is 5. The van der Waals surface area contributed by atoms with Crippen LogP contribution < -0.4 is 5.32 Å². The second-order valence-corrected chi connectivity index (χ2v) is 8.55. The van der Waals surface area contributed by atoms with Gasteiger partial charge in [-0.3, -0.25) is 9.89 Å². The molecule has 3 fully saturated rings. The lowest BCUT2D eigenvalue weighted by molar-refractivity contribution is -0.0449.